The number of nitrogens with one attached hydrogen (secondary N) is 1. The molecular formula is C22H28ClN3O. The van der Waals surface area contributed by atoms with Gasteiger partial charge in [-0.05, 0) is 41.7 Å². The Balaban J connectivity index is 0.00000210. The van der Waals surface area contributed by atoms with Gasteiger partial charge in [-0.25, -0.2) is 0 Å². The van der Waals surface area contributed by atoms with Crippen LogP contribution in [-0.4, -0.2) is 48.4 Å². The van der Waals surface area contributed by atoms with Crippen LogP contribution in [0.1, 0.15) is 34.0 Å². The highest BCUT2D eigenvalue weighted by atomic mass is 35.5. The number of aryl methyl sites for hydroxylation is 1. The van der Waals surface area contributed by atoms with Gasteiger partial charge in [0.1, 0.15) is 0 Å². The first kappa shape index (κ1) is 19.7. The molecule has 0 saturated carbocycles. The van der Waals surface area contributed by atoms with Crippen molar-refractivity contribution in [3.8, 4) is 0 Å². The molecule has 2 heterocycles. The lowest BCUT2D eigenvalue weighted by Gasteiger charge is -2.35. The summed E-state index contributed by atoms with van der Waals surface area (Å²) in [6, 6.07) is 14.7. The number of para-hydroxylation sites is 1. The third kappa shape index (κ3) is 4.28. The van der Waals surface area contributed by atoms with Crippen LogP contribution in [0.3, 0.4) is 0 Å². The largest absolute Gasteiger partial charge is 0.384 e. The van der Waals surface area contributed by atoms with E-state index in [2.05, 4.69) is 47.5 Å². The van der Waals surface area contributed by atoms with Crippen LogP contribution in [0.15, 0.2) is 42.5 Å². The molecule has 1 saturated heterocycles. The SMILES string of the molecule is CCc1ccc(C(=O)N2CCN(Cc3cccc4c3NCC4)CC2)cc1.Cl. The van der Waals surface area contributed by atoms with Crippen molar-refractivity contribution in [2.24, 2.45) is 0 Å². The molecule has 2 aromatic rings. The molecule has 1 fully saturated rings. The molecule has 5 heteroatoms. The fourth-order valence-corrected chi connectivity index (χ4v) is 3.96. The van der Waals surface area contributed by atoms with Gasteiger partial charge in [-0.1, -0.05) is 37.3 Å². The van der Waals surface area contributed by atoms with Gasteiger partial charge >= 0.3 is 0 Å². The van der Waals surface area contributed by atoms with Crippen molar-refractivity contribution >= 4 is 24.0 Å². The number of fused-ring (bicyclic) bond motifs is 1. The Labute approximate surface area is 168 Å². The second-order valence-electron chi connectivity index (χ2n) is 7.25. The lowest BCUT2D eigenvalue weighted by Crippen LogP contribution is -2.48. The van der Waals surface area contributed by atoms with E-state index in [9.17, 15) is 4.79 Å². The van der Waals surface area contributed by atoms with E-state index in [1.54, 1.807) is 0 Å². The minimum Gasteiger partial charge on any atom is -0.384 e. The first-order valence-electron chi connectivity index (χ1n) is 9.70. The molecule has 27 heavy (non-hydrogen) atoms. The molecular weight excluding hydrogens is 358 g/mol. The first-order chi connectivity index (χ1) is 12.7. The van der Waals surface area contributed by atoms with Crippen molar-refractivity contribution in [3.05, 3.63) is 64.7 Å². The Morgan fingerprint density at radius 1 is 1.04 bits per heavy atom. The summed E-state index contributed by atoms with van der Waals surface area (Å²) in [7, 11) is 0. The third-order valence-electron chi connectivity index (χ3n) is 5.60. The molecule has 2 aromatic carbocycles. The van der Waals surface area contributed by atoms with Crippen LogP contribution >= 0.6 is 12.4 Å². The van der Waals surface area contributed by atoms with Gasteiger partial charge in [0.15, 0.2) is 0 Å². The summed E-state index contributed by atoms with van der Waals surface area (Å²) in [5.74, 6) is 0.162. The number of halogens is 1. The number of carbonyl (C=O) groups excluding carboxylic acids is 1. The highest BCUT2D eigenvalue weighted by Gasteiger charge is 2.23. The summed E-state index contributed by atoms with van der Waals surface area (Å²) >= 11 is 0. The van der Waals surface area contributed by atoms with Crippen molar-refractivity contribution in [2.45, 2.75) is 26.3 Å². The van der Waals surface area contributed by atoms with Crippen LogP contribution in [0.2, 0.25) is 0 Å². The fraction of sp³-hybridized carbons (Fsp3) is 0.409. The number of carbonyl (C=O) groups is 1. The number of hydrogen-bond acceptors (Lipinski definition) is 3. The van der Waals surface area contributed by atoms with E-state index in [0.717, 1.165) is 57.7 Å². The molecule has 0 atom stereocenters. The molecule has 0 aromatic heterocycles. The topological polar surface area (TPSA) is 35.6 Å². The highest BCUT2D eigenvalue weighted by Crippen LogP contribution is 2.27. The summed E-state index contributed by atoms with van der Waals surface area (Å²) in [4.78, 5) is 17.2. The molecule has 4 rings (SSSR count). The van der Waals surface area contributed by atoms with E-state index in [1.165, 1.54) is 22.4 Å². The molecule has 0 aliphatic carbocycles. The fourth-order valence-electron chi connectivity index (χ4n) is 3.96. The van der Waals surface area contributed by atoms with E-state index in [-0.39, 0.29) is 18.3 Å². The molecule has 0 spiro atoms. The lowest BCUT2D eigenvalue weighted by atomic mass is 10.1. The quantitative estimate of drug-likeness (QED) is 0.873. The van der Waals surface area contributed by atoms with Gasteiger partial charge < -0.3 is 10.2 Å². The second-order valence-corrected chi connectivity index (χ2v) is 7.25. The summed E-state index contributed by atoms with van der Waals surface area (Å²) in [5, 5.41) is 3.52. The summed E-state index contributed by atoms with van der Waals surface area (Å²) in [6.45, 7) is 7.61. The molecule has 2 aliphatic rings. The average Bonchev–Trinajstić information content (AvgIpc) is 3.18. The average molecular weight is 386 g/mol. The number of piperazine rings is 1. The highest BCUT2D eigenvalue weighted by molar-refractivity contribution is 5.94. The Kier molecular flexibility index (Phi) is 6.40. The smallest absolute Gasteiger partial charge is 0.253 e. The molecule has 4 nitrogen and oxygen atoms in total. The molecule has 2 aliphatic heterocycles. The maximum absolute atomic E-state index is 12.7. The molecule has 1 N–H and O–H groups in total. The normalized spacial score (nSPS) is 16.4. The number of anilines is 1. The van der Waals surface area contributed by atoms with E-state index >= 15 is 0 Å². The lowest BCUT2D eigenvalue weighted by molar-refractivity contribution is 0.0628. The molecule has 0 radical (unpaired) electrons. The maximum atomic E-state index is 12.7. The van der Waals surface area contributed by atoms with Crippen molar-refractivity contribution in [3.63, 3.8) is 0 Å². The predicted molar refractivity (Wildman–Crippen MR) is 113 cm³/mol. The van der Waals surface area contributed by atoms with Crippen molar-refractivity contribution in [1.82, 2.24) is 9.80 Å². The maximum Gasteiger partial charge on any atom is 0.253 e. The Bertz CT molecular complexity index is 783. The standard InChI is InChI=1S/C22H27N3O.ClH/c1-2-17-6-8-19(9-7-17)22(26)25-14-12-24(13-15-25)16-20-5-3-4-18-10-11-23-21(18)20;/h3-9,23H,2,10-16H2,1H3;1H. The van der Waals surface area contributed by atoms with Crippen LogP contribution in [0.4, 0.5) is 5.69 Å². The summed E-state index contributed by atoms with van der Waals surface area (Å²) in [5.41, 5.74) is 6.24. The molecule has 144 valence electrons. The van der Waals surface area contributed by atoms with Crippen molar-refractivity contribution in [2.75, 3.05) is 38.0 Å². The van der Waals surface area contributed by atoms with Crippen LogP contribution in [0, 0.1) is 0 Å². The van der Waals surface area contributed by atoms with Crippen molar-refractivity contribution < 1.29 is 4.79 Å². The van der Waals surface area contributed by atoms with Gasteiger partial charge in [0.2, 0.25) is 0 Å². The number of benzene rings is 2. The van der Waals surface area contributed by atoms with Gasteiger partial charge in [-0.15, -0.1) is 12.4 Å². The van der Waals surface area contributed by atoms with Crippen LogP contribution < -0.4 is 5.32 Å². The van der Waals surface area contributed by atoms with E-state index in [1.807, 2.05) is 17.0 Å². The van der Waals surface area contributed by atoms with Crippen molar-refractivity contribution in [1.29, 1.82) is 0 Å². The number of amides is 1. The number of nitrogens with zero attached hydrogens (tertiary/aromatic N) is 2. The first-order valence-corrected chi connectivity index (χ1v) is 9.70. The number of hydrogen-bond donors (Lipinski definition) is 1. The minimum atomic E-state index is 0. The molecule has 0 bridgehead atoms. The third-order valence-corrected chi connectivity index (χ3v) is 5.60. The van der Waals surface area contributed by atoms with Crippen LogP contribution in [0.25, 0.3) is 0 Å². The predicted octanol–water partition coefficient (Wildman–Crippen LogP) is 3.60. The second kappa shape index (κ2) is 8.77. The summed E-state index contributed by atoms with van der Waals surface area (Å²) < 4.78 is 0. The molecule has 0 unspecified atom stereocenters. The van der Waals surface area contributed by atoms with Gasteiger partial charge in [0, 0.05) is 50.5 Å². The van der Waals surface area contributed by atoms with Gasteiger partial charge in [-0.3, -0.25) is 9.69 Å². The minimum absolute atomic E-state index is 0. The number of rotatable bonds is 4. The monoisotopic (exact) mass is 385 g/mol. The van der Waals surface area contributed by atoms with Gasteiger partial charge in [0.25, 0.3) is 5.91 Å². The zero-order valence-corrected chi connectivity index (χ0v) is 16.7. The zero-order valence-electron chi connectivity index (χ0n) is 15.9. The van der Waals surface area contributed by atoms with E-state index < -0.39 is 0 Å². The molecule has 1 amide bonds. The Morgan fingerprint density at radius 2 is 1.78 bits per heavy atom. The summed E-state index contributed by atoms with van der Waals surface area (Å²) in [6.07, 6.45) is 2.13. The van der Waals surface area contributed by atoms with Gasteiger partial charge in [-0.2, -0.15) is 0 Å². The Morgan fingerprint density at radius 3 is 2.48 bits per heavy atom. The van der Waals surface area contributed by atoms with Gasteiger partial charge in [0.05, 0.1) is 0 Å². The van der Waals surface area contributed by atoms with E-state index in [0.29, 0.717) is 0 Å². The Hall–Kier alpha value is -2.04. The van der Waals surface area contributed by atoms with Crippen LogP contribution in [0.5, 0.6) is 0 Å². The van der Waals surface area contributed by atoms with E-state index in [4.69, 9.17) is 0 Å². The van der Waals surface area contributed by atoms with Crippen LogP contribution in [-0.2, 0) is 19.4 Å². The zero-order chi connectivity index (χ0) is 17.9.